The van der Waals surface area contributed by atoms with E-state index < -0.39 is 0 Å². The number of hydrogen-bond acceptors (Lipinski definition) is 3. The van der Waals surface area contributed by atoms with Gasteiger partial charge in [0.05, 0.1) is 13.0 Å². The minimum absolute atomic E-state index is 0.0334. The standard InChI is InChI=1S/C10H16O3/c1-7(11)6-8-4-3-5-9(8)10(12)13-2/h8-9H,3-6H2,1-2H3/t8-,9+/m1/s1. The highest BCUT2D eigenvalue weighted by atomic mass is 16.5. The number of carbonyl (C=O) groups is 2. The zero-order valence-electron chi connectivity index (χ0n) is 8.21. The summed E-state index contributed by atoms with van der Waals surface area (Å²) in [6, 6.07) is 0. The average molecular weight is 184 g/mol. The smallest absolute Gasteiger partial charge is 0.308 e. The van der Waals surface area contributed by atoms with Crippen LogP contribution in [0.2, 0.25) is 0 Å². The van der Waals surface area contributed by atoms with E-state index in [1.807, 2.05) is 0 Å². The fourth-order valence-corrected chi connectivity index (χ4v) is 2.11. The molecule has 0 radical (unpaired) electrons. The van der Waals surface area contributed by atoms with Crippen LogP contribution in [-0.4, -0.2) is 18.9 Å². The van der Waals surface area contributed by atoms with Crippen LogP contribution in [0.15, 0.2) is 0 Å². The summed E-state index contributed by atoms with van der Waals surface area (Å²) >= 11 is 0. The molecule has 1 rings (SSSR count). The molecule has 2 atom stereocenters. The molecule has 1 saturated carbocycles. The first-order valence-corrected chi connectivity index (χ1v) is 4.72. The van der Waals surface area contributed by atoms with E-state index >= 15 is 0 Å². The van der Waals surface area contributed by atoms with Crippen LogP contribution in [0, 0.1) is 11.8 Å². The van der Waals surface area contributed by atoms with Gasteiger partial charge in [-0.25, -0.2) is 0 Å². The highest BCUT2D eigenvalue weighted by Gasteiger charge is 2.34. The molecule has 0 heterocycles. The van der Waals surface area contributed by atoms with Gasteiger partial charge in [-0.15, -0.1) is 0 Å². The number of Topliss-reactive ketones (excluding diaryl/α,β-unsaturated/α-hetero) is 1. The van der Waals surface area contributed by atoms with Crippen LogP contribution in [0.25, 0.3) is 0 Å². The van der Waals surface area contributed by atoms with E-state index in [0.717, 1.165) is 19.3 Å². The van der Waals surface area contributed by atoms with E-state index in [1.54, 1.807) is 6.92 Å². The van der Waals surface area contributed by atoms with E-state index in [4.69, 9.17) is 4.74 Å². The maximum Gasteiger partial charge on any atom is 0.308 e. The molecule has 1 fully saturated rings. The molecule has 0 N–H and O–H groups in total. The minimum atomic E-state index is -0.149. The summed E-state index contributed by atoms with van der Waals surface area (Å²) in [5.41, 5.74) is 0. The Morgan fingerprint density at radius 3 is 2.62 bits per heavy atom. The maximum absolute atomic E-state index is 11.3. The molecule has 0 spiro atoms. The first-order chi connectivity index (χ1) is 6.15. The Balaban J connectivity index is 2.53. The van der Waals surface area contributed by atoms with Crippen molar-refractivity contribution in [3.05, 3.63) is 0 Å². The van der Waals surface area contributed by atoms with E-state index in [0.29, 0.717) is 6.42 Å². The van der Waals surface area contributed by atoms with Gasteiger partial charge < -0.3 is 9.53 Å². The zero-order chi connectivity index (χ0) is 9.84. The summed E-state index contributed by atoms with van der Waals surface area (Å²) < 4.78 is 4.70. The Kier molecular flexibility index (Phi) is 3.46. The van der Waals surface area contributed by atoms with Gasteiger partial charge >= 0.3 is 5.97 Å². The van der Waals surface area contributed by atoms with E-state index in [1.165, 1.54) is 7.11 Å². The Morgan fingerprint density at radius 1 is 1.38 bits per heavy atom. The molecule has 3 heteroatoms. The number of rotatable bonds is 3. The lowest BCUT2D eigenvalue weighted by Gasteiger charge is -2.15. The fourth-order valence-electron chi connectivity index (χ4n) is 2.11. The Labute approximate surface area is 78.5 Å². The summed E-state index contributed by atoms with van der Waals surface area (Å²) in [7, 11) is 1.41. The quantitative estimate of drug-likeness (QED) is 0.625. The molecular weight excluding hydrogens is 168 g/mol. The third-order valence-corrected chi connectivity index (χ3v) is 2.71. The van der Waals surface area contributed by atoms with Gasteiger partial charge in [0.25, 0.3) is 0 Å². The van der Waals surface area contributed by atoms with Crippen LogP contribution in [0.1, 0.15) is 32.6 Å². The Morgan fingerprint density at radius 2 is 2.08 bits per heavy atom. The van der Waals surface area contributed by atoms with E-state index in [-0.39, 0.29) is 23.6 Å². The van der Waals surface area contributed by atoms with Crippen molar-refractivity contribution in [2.45, 2.75) is 32.6 Å². The average Bonchev–Trinajstić information content (AvgIpc) is 2.50. The Bertz CT molecular complexity index is 210. The van der Waals surface area contributed by atoms with Crippen molar-refractivity contribution in [3.8, 4) is 0 Å². The van der Waals surface area contributed by atoms with Crippen molar-refractivity contribution < 1.29 is 14.3 Å². The van der Waals surface area contributed by atoms with Gasteiger partial charge in [-0.05, 0) is 25.7 Å². The Hall–Kier alpha value is -0.860. The molecule has 0 aromatic rings. The predicted molar refractivity (Wildman–Crippen MR) is 48.1 cm³/mol. The topological polar surface area (TPSA) is 43.4 Å². The summed E-state index contributed by atoms with van der Waals surface area (Å²) in [5, 5.41) is 0. The van der Waals surface area contributed by atoms with Gasteiger partial charge in [0.2, 0.25) is 0 Å². The molecule has 0 aliphatic heterocycles. The molecule has 0 bridgehead atoms. The number of esters is 1. The van der Waals surface area contributed by atoms with Gasteiger partial charge in [0, 0.05) is 6.42 Å². The minimum Gasteiger partial charge on any atom is -0.469 e. The SMILES string of the molecule is COC(=O)[C@H]1CCC[C@@H]1CC(C)=O. The highest BCUT2D eigenvalue weighted by Crippen LogP contribution is 2.34. The van der Waals surface area contributed by atoms with Crippen molar-refractivity contribution in [2.24, 2.45) is 11.8 Å². The van der Waals surface area contributed by atoms with Crippen molar-refractivity contribution in [3.63, 3.8) is 0 Å². The molecule has 0 aromatic heterocycles. The second kappa shape index (κ2) is 4.40. The van der Waals surface area contributed by atoms with Crippen LogP contribution < -0.4 is 0 Å². The number of methoxy groups -OCH3 is 1. The second-order valence-corrected chi connectivity index (χ2v) is 3.73. The monoisotopic (exact) mass is 184 g/mol. The molecule has 1 aliphatic carbocycles. The van der Waals surface area contributed by atoms with Crippen LogP contribution in [-0.2, 0) is 14.3 Å². The second-order valence-electron chi connectivity index (χ2n) is 3.73. The molecule has 74 valence electrons. The lowest BCUT2D eigenvalue weighted by Crippen LogP contribution is -2.21. The first-order valence-electron chi connectivity index (χ1n) is 4.72. The number of ketones is 1. The van der Waals surface area contributed by atoms with Crippen LogP contribution >= 0.6 is 0 Å². The lowest BCUT2D eigenvalue weighted by atomic mass is 9.91. The van der Waals surface area contributed by atoms with Gasteiger partial charge in [-0.3, -0.25) is 4.79 Å². The van der Waals surface area contributed by atoms with E-state index in [2.05, 4.69) is 0 Å². The summed E-state index contributed by atoms with van der Waals surface area (Å²) in [4.78, 5) is 22.2. The largest absolute Gasteiger partial charge is 0.469 e. The molecular formula is C10H16O3. The molecule has 0 aromatic carbocycles. The maximum atomic E-state index is 11.3. The van der Waals surface area contributed by atoms with Crippen LogP contribution in [0.3, 0.4) is 0 Å². The molecule has 0 saturated heterocycles. The van der Waals surface area contributed by atoms with E-state index in [9.17, 15) is 9.59 Å². The third-order valence-electron chi connectivity index (χ3n) is 2.71. The van der Waals surface area contributed by atoms with Crippen molar-refractivity contribution in [2.75, 3.05) is 7.11 Å². The number of ether oxygens (including phenoxy) is 1. The van der Waals surface area contributed by atoms with Gasteiger partial charge in [0.15, 0.2) is 0 Å². The third kappa shape index (κ3) is 2.54. The number of hydrogen-bond donors (Lipinski definition) is 0. The van der Waals surface area contributed by atoms with Gasteiger partial charge in [0.1, 0.15) is 5.78 Å². The van der Waals surface area contributed by atoms with Gasteiger partial charge in [-0.1, -0.05) is 6.42 Å². The van der Waals surface area contributed by atoms with Crippen molar-refractivity contribution in [1.82, 2.24) is 0 Å². The molecule has 0 amide bonds. The molecule has 3 nitrogen and oxygen atoms in total. The summed E-state index contributed by atoms with van der Waals surface area (Å²) in [6.07, 6.45) is 3.43. The fraction of sp³-hybridized carbons (Fsp3) is 0.800. The summed E-state index contributed by atoms with van der Waals surface area (Å²) in [6.45, 7) is 1.58. The van der Waals surface area contributed by atoms with Crippen molar-refractivity contribution >= 4 is 11.8 Å². The molecule has 1 aliphatic rings. The highest BCUT2D eigenvalue weighted by molar-refractivity contribution is 5.78. The predicted octanol–water partition coefficient (Wildman–Crippen LogP) is 1.55. The van der Waals surface area contributed by atoms with Crippen LogP contribution in [0.5, 0.6) is 0 Å². The normalized spacial score (nSPS) is 27.2. The molecule has 13 heavy (non-hydrogen) atoms. The van der Waals surface area contributed by atoms with Gasteiger partial charge in [-0.2, -0.15) is 0 Å². The first kappa shape index (κ1) is 10.2. The lowest BCUT2D eigenvalue weighted by molar-refractivity contribution is -0.146. The van der Waals surface area contributed by atoms with Crippen molar-refractivity contribution in [1.29, 1.82) is 0 Å². The zero-order valence-corrected chi connectivity index (χ0v) is 8.21. The summed E-state index contributed by atoms with van der Waals surface area (Å²) in [5.74, 6) is 0.211. The molecule has 0 unspecified atom stereocenters. The van der Waals surface area contributed by atoms with Crippen LogP contribution in [0.4, 0.5) is 0 Å². The number of carbonyl (C=O) groups excluding carboxylic acids is 2.